The highest BCUT2D eigenvalue weighted by molar-refractivity contribution is 7.93. The van der Waals surface area contributed by atoms with Crippen LogP contribution in [0.2, 0.25) is 0 Å². The third kappa shape index (κ3) is 3.45. The molecule has 4 aliphatic rings. The summed E-state index contributed by atoms with van der Waals surface area (Å²) >= 11 is 0. The van der Waals surface area contributed by atoms with Gasteiger partial charge < -0.3 is 15.1 Å². The first kappa shape index (κ1) is 21.5. The molecular weight excluding hydrogens is 445 g/mol. The Kier molecular flexibility index (Phi) is 4.61. The lowest BCUT2D eigenvalue weighted by Crippen LogP contribution is -2.73. The number of halogens is 3. The quantitative estimate of drug-likeness (QED) is 0.711. The van der Waals surface area contributed by atoms with Gasteiger partial charge in [0.05, 0.1) is 10.4 Å². The zero-order chi connectivity index (χ0) is 22.9. The molecule has 3 saturated heterocycles. The molecule has 2 spiro atoms. The van der Waals surface area contributed by atoms with Crippen LogP contribution in [0.5, 0.6) is 0 Å². The van der Waals surface area contributed by atoms with Crippen LogP contribution in [0.25, 0.3) is 0 Å². The molecule has 3 amide bonds. The number of benzene rings is 1. The van der Waals surface area contributed by atoms with Crippen molar-refractivity contribution in [2.75, 3.05) is 26.2 Å². The average molecular weight is 471 g/mol. The number of carbonyl (C=O) groups excluding carboxylic acids is 2. The first-order valence-electron chi connectivity index (χ1n) is 10.7. The number of amides is 3. The number of rotatable bonds is 3. The molecule has 0 aromatic heterocycles. The first-order chi connectivity index (χ1) is 14.9. The van der Waals surface area contributed by atoms with Gasteiger partial charge in [0, 0.05) is 38.0 Å². The Hall–Kier alpha value is -2.30. The fraction of sp³-hybridized carbons (Fsp3) is 0.619. The summed E-state index contributed by atoms with van der Waals surface area (Å²) < 4.78 is 57.9. The van der Waals surface area contributed by atoms with Gasteiger partial charge >= 0.3 is 11.5 Å². The van der Waals surface area contributed by atoms with Crippen molar-refractivity contribution < 1.29 is 27.0 Å². The van der Waals surface area contributed by atoms with E-state index in [1.165, 1.54) is 12.1 Å². The maximum Gasteiger partial charge on any atom is 0.483 e. The number of hydrogen-bond donors (Lipinski definition) is 2. The molecule has 1 atom stereocenters. The Bertz CT molecular complexity index is 1070. The van der Waals surface area contributed by atoms with Crippen molar-refractivity contribution in [1.29, 1.82) is 4.78 Å². The predicted octanol–water partition coefficient (Wildman–Crippen LogP) is 2.95. The van der Waals surface area contributed by atoms with E-state index in [4.69, 9.17) is 4.78 Å². The average Bonchev–Trinajstić information content (AvgIpc) is 3.02. The summed E-state index contributed by atoms with van der Waals surface area (Å²) in [5.74, 6) is 0.352. The minimum absolute atomic E-state index is 0.0101. The molecule has 174 valence electrons. The number of hydrogen-bond acceptors (Lipinski definition) is 4. The lowest BCUT2D eigenvalue weighted by molar-refractivity contribution is -0.120. The molecule has 3 heterocycles. The number of carbonyl (C=O) groups is 2. The molecule has 1 aromatic carbocycles. The van der Waals surface area contributed by atoms with Crippen LogP contribution in [0, 0.1) is 16.1 Å². The number of likely N-dealkylation sites (tertiary alicyclic amines) is 2. The summed E-state index contributed by atoms with van der Waals surface area (Å²) in [4.78, 5) is 27.2. The molecule has 0 radical (unpaired) electrons. The van der Waals surface area contributed by atoms with Crippen molar-refractivity contribution in [3.8, 4) is 0 Å². The molecule has 0 bridgehead atoms. The van der Waals surface area contributed by atoms with Gasteiger partial charge in [-0.2, -0.15) is 13.2 Å². The monoisotopic (exact) mass is 470 g/mol. The van der Waals surface area contributed by atoms with Crippen LogP contribution in [0.1, 0.15) is 31.2 Å². The Morgan fingerprint density at radius 2 is 1.84 bits per heavy atom. The van der Waals surface area contributed by atoms with Crippen LogP contribution in [0.15, 0.2) is 29.2 Å². The van der Waals surface area contributed by atoms with Gasteiger partial charge in [0.1, 0.15) is 0 Å². The summed E-state index contributed by atoms with van der Waals surface area (Å²) in [6.45, 7) is 2.51. The molecule has 2 N–H and O–H groups in total. The lowest BCUT2D eigenvalue weighted by atomic mass is 9.56. The largest absolute Gasteiger partial charge is 0.483 e. The van der Waals surface area contributed by atoms with Crippen LogP contribution < -0.4 is 5.32 Å². The van der Waals surface area contributed by atoms with Gasteiger partial charge in [-0.05, 0) is 49.3 Å². The summed E-state index contributed by atoms with van der Waals surface area (Å²) in [7, 11) is -4.85. The van der Waals surface area contributed by atoms with Crippen LogP contribution in [-0.2, 0) is 20.9 Å². The molecule has 7 nitrogen and oxygen atoms in total. The molecule has 5 rings (SSSR count). The molecular formula is C21H25F3N4O3S. The van der Waals surface area contributed by atoms with Crippen LogP contribution in [0.3, 0.4) is 0 Å². The maximum absolute atomic E-state index is 12.9. The smallest absolute Gasteiger partial charge is 0.347 e. The topological polar surface area (TPSA) is 93.6 Å². The second kappa shape index (κ2) is 6.85. The zero-order valence-electron chi connectivity index (χ0n) is 17.4. The molecule has 11 heteroatoms. The highest BCUT2D eigenvalue weighted by Crippen LogP contribution is 2.53. The van der Waals surface area contributed by atoms with Crippen molar-refractivity contribution in [2.24, 2.45) is 11.3 Å². The minimum atomic E-state index is -5.09. The summed E-state index contributed by atoms with van der Waals surface area (Å²) in [5, 5.41) is 2.97. The lowest BCUT2D eigenvalue weighted by Gasteiger charge is -2.61. The van der Waals surface area contributed by atoms with Gasteiger partial charge in [0.25, 0.3) is 0 Å². The fourth-order valence-corrected chi connectivity index (χ4v) is 6.67. The van der Waals surface area contributed by atoms with Crippen molar-refractivity contribution in [3.63, 3.8) is 0 Å². The summed E-state index contributed by atoms with van der Waals surface area (Å²) in [6, 6.07) is 5.48. The molecule has 32 heavy (non-hydrogen) atoms. The van der Waals surface area contributed by atoms with Gasteiger partial charge in [-0.25, -0.2) is 13.8 Å². The minimum Gasteiger partial charge on any atom is -0.347 e. The van der Waals surface area contributed by atoms with E-state index >= 15 is 0 Å². The molecule has 1 unspecified atom stereocenters. The van der Waals surface area contributed by atoms with Gasteiger partial charge in [-0.15, -0.1) is 0 Å². The molecule has 1 aliphatic carbocycles. The van der Waals surface area contributed by atoms with Gasteiger partial charge in [-0.3, -0.25) is 4.79 Å². The van der Waals surface area contributed by atoms with E-state index in [2.05, 4.69) is 5.32 Å². The normalized spacial score (nSPS) is 25.7. The van der Waals surface area contributed by atoms with E-state index < -0.39 is 20.1 Å². The van der Waals surface area contributed by atoms with Crippen LogP contribution in [0.4, 0.5) is 18.0 Å². The van der Waals surface area contributed by atoms with Gasteiger partial charge in [-0.1, -0.05) is 12.1 Å². The SMILES string of the molecule is N=S(=O)(c1cccc(CC2CC3(C2)CN(C(=O)N2CC4(CCC(=O)N4)C2)C3)c1)C(F)(F)F. The predicted molar refractivity (Wildman–Crippen MR) is 109 cm³/mol. The van der Waals surface area contributed by atoms with Crippen molar-refractivity contribution in [2.45, 2.75) is 48.0 Å². The van der Waals surface area contributed by atoms with E-state index in [0.29, 0.717) is 50.5 Å². The summed E-state index contributed by atoms with van der Waals surface area (Å²) in [6.07, 6.45) is 3.67. The first-order valence-corrected chi connectivity index (χ1v) is 12.3. The van der Waals surface area contributed by atoms with E-state index in [0.717, 1.165) is 25.3 Å². The number of nitrogens with zero attached hydrogens (tertiary/aromatic N) is 2. The summed E-state index contributed by atoms with van der Waals surface area (Å²) in [5.41, 5.74) is -4.56. The third-order valence-electron chi connectivity index (χ3n) is 7.34. The molecule has 1 saturated carbocycles. The van der Waals surface area contributed by atoms with Crippen molar-refractivity contribution >= 4 is 21.7 Å². The maximum atomic E-state index is 12.9. The molecule has 1 aromatic rings. The second-order valence-corrected chi connectivity index (χ2v) is 12.0. The number of alkyl halides is 3. The molecule has 3 aliphatic heterocycles. The Morgan fingerprint density at radius 1 is 1.19 bits per heavy atom. The molecule has 4 fully saturated rings. The Balaban J connectivity index is 1.11. The number of nitrogens with one attached hydrogen (secondary N) is 2. The van der Waals surface area contributed by atoms with E-state index in [1.54, 1.807) is 11.0 Å². The van der Waals surface area contributed by atoms with E-state index in [1.807, 2.05) is 4.90 Å². The van der Waals surface area contributed by atoms with Crippen LogP contribution in [-0.4, -0.2) is 63.2 Å². The zero-order valence-corrected chi connectivity index (χ0v) is 18.2. The highest BCUT2D eigenvalue weighted by atomic mass is 32.2. The Morgan fingerprint density at radius 3 is 2.44 bits per heavy atom. The van der Waals surface area contributed by atoms with Crippen molar-refractivity contribution in [1.82, 2.24) is 15.1 Å². The Labute approximate surface area is 184 Å². The third-order valence-corrected chi connectivity index (χ3v) is 8.91. The van der Waals surface area contributed by atoms with E-state index in [-0.39, 0.29) is 22.9 Å². The van der Waals surface area contributed by atoms with Gasteiger partial charge in [0.2, 0.25) is 5.91 Å². The second-order valence-electron chi connectivity index (χ2n) is 9.95. The number of urea groups is 1. The highest BCUT2D eigenvalue weighted by Gasteiger charge is 2.56. The van der Waals surface area contributed by atoms with Crippen molar-refractivity contribution in [3.05, 3.63) is 29.8 Å². The van der Waals surface area contributed by atoms with Gasteiger partial charge in [0.15, 0.2) is 9.73 Å². The van der Waals surface area contributed by atoms with E-state index in [9.17, 15) is 27.0 Å². The standard InChI is InChI=1S/C21H25F3N4O3S/c22-21(23,24)32(25,31)16-3-1-2-14(7-16)6-15-8-19(9-15)10-27(11-19)18(30)28-12-20(13-28)5-4-17(29)26-20/h1-3,7,15,25H,4-6,8-13H2,(H,26,29). The fourth-order valence-electron chi connectivity index (χ4n) is 5.81. The van der Waals surface area contributed by atoms with Crippen LogP contribution >= 0.6 is 0 Å².